The fourth-order valence-electron chi connectivity index (χ4n) is 1.26. The minimum absolute atomic E-state index is 0.124. The van der Waals surface area contributed by atoms with Gasteiger partial charge in [-0.15, -0.1) is 23.2 Å². The van der Waals surface area contributed by atoms with Crippen molar-refractivity contribution in [2.24, 2.45) is 5.41 Å². The van der Waals surface area contributed by atoms with Gasteiger partial charge in [0.25, 0.3) is 0 Å². The second-order valence-corrected chi connectivity index (χ2v) is 5.37. The lowest BCUT2D eigenvalue weighted by Crippen LogP contribution is -2.23. The number of alkyl halides is 2. The number of halogens is 4. The molecule has 0 N–H and O–H groups in total. The highest BCUT2D eigenvalue weighted by Crippen LogP contribution is 2.30. The molecule has 0 saturated carbocycles. The van der Waals surface area contributed by atoms with Crippen molar-refractivity contribution in [1.82, 2.24) is 0 Å². The maximum absolute atomic E-state index is 6.08. The first-order valence-electron chi connectivity index (χ1n) is 4.56. The quantitative estimate of drug-likeness (QED) is 0.682. The van der Waals surface area contributed by atoms with Crippen molar-refractivity contribution in [2.75, 3.05) is 11.8 Å². The molecule has 0 heterocycles. The molecule has 0 fully saturated rings. The van der Waals surface area contributed by atoms with Gasteiger partial charge in [-0.3, -0.25) is 0 Å². The number of benzene rings is 1. The van der Waals surface area contributed by atoms with Crippen LogP contribution < -0.4 is 0 Å². The fraction of sp³-hybridized carbons (Fsp3) is 0.455. The lowest BCUT2D eigenvalue weighted by atomic mass is 9.87. The molecule has 1 aromatic rings. The fourth-order valence-corrected chi connectivity index (χ4v) is 2.21. The molecule has 84 valence electrons. The molecule has 0 atom stereocenters. The summed E-state index contributed by atoms with van der Waals surface area (Å²) >= 11 is 23.7. The van der Waals surface area contributed by atoms with Crippen molar-refractivity contribution >= 4 is 46.4 Å². The number of rotatable bonds is 4. The molecular weight excluding hydrogens is 274 g/mol. The second-order valence-electron chi connectivity index (χ2n) is 3.99. The van der Waals surface area contributed by atoms with Crippen LogP contribution in [-0.4, -0.2) is 11.8 Å². The number of hydrogen-bond donors (Lipinski definition) is 0. The summed E-state index contributed by atoms with van der Waals surface area (Å²) in [5.74, 6) is 1.02. The average Bonchev–Trinajstić information content (AvgIpc) is 2.22. The zero-order chi connectivity index (χ0) is 11.5. The Labute approximate surface area is 110 Å². The summed E-state index contributed by atoms with van der Waals surface area (Å²) < 4.78 is 0. The van der Waals surface area contributed by atoms with Crippen LogP contribution in [0.5, 0.6) is 0 Å². The molecule has 15 heavy (non-hydrogen) atoms. The molecule has 0 nitrogen and oxygen atoms in total. The third kappa shape index (κ3) is 3.71. The summed E-state index contributed by atoms with van der Waals surface area (Å²) in [6, 6.07) is 5.48. The van der Waals surface area contributed by atoms with Gasteiger partial charge in [0.05, 0.1) is 0 Å². The Hall–Kier alpha value is 0.380. The SMILES string of the molecule is CC(CCl)(CCl)Cc1ccc(Cl)cc1Cl. The summed E-state index contributed by atoms with van der Waals surface area (Å²) in [7, 11) is 0. The van der Waals surface area contributed by atoms with Crippen LogP contribution in [0.25, 0.3) is 0 Å². The molecule has 0 saturated heterocycles. The van der Waals surface area contributed by atoms with Crippen LogP contribution in [0.1, 0.15) is 12.5 Å². The molecule has 0 radical (unpaired) electrons. The Balaban J connectivity index is 2.89. The molecule has 0 amide bonds. The molecule has 1 aromatic carbocycles. The lowest BCUT2D eigenvalue weighted by molar-refractivity contribution is 0.425. The molecule has 0 spiro atoms. The first-order valence-corrected chi connectivity index (χ1v) is 6.39. The Bertz CT molecular complexity index is 331. The van der Waals surface area contributed by atoms with E-state index in [-0.39, 0.29) is 5.41 Å². The third-order valence-corrected chi connectivity index (χ3v) is 4.15. The molecule has 0 unspecified atom stereocenters. The van der Waals surface area contributed by atoms with Crippen LogP contribution in [0, 0.1) is 5.41 Å². The molecule has 0 aliphatic carbocycles. The largest absolute Gasteiger partial charge is 0.126 e. The highest BCUT2D eigenvalue weighted by atomic mass is 35.5. The van der Waals surface area contributed by atoms with Crippen LogP contribution in [-0.2, 0) is 6.42 Å². The lowest BCUT2D eigenvalue weighted by Gasteiger charge is -2.24. The van der Waals surface area contributed by atoms with Crippen LogP contribution in [0.15, 0.2) is 18.2 Å². The normalized spacial score (nSPS) is 11.8. The van der Waals surface area contributed by atoms with Gasteiger partial charge in [-0.1, -0.05) is 36.2 Å². The van der Waals surface area contributed by atoms with E-state index in [1.807, 2.05) is 19.1 Å². The second kappa shape index (κ2) is 5.63. The first-order chi connectivity index (χ1) is 7.00. The van der Waals surface area contributed by atoms with Gasteiger partial charge in [-0.25, -0.2) is 0 Å². The molecule has 0 bridgehead atoms. The van der Waals surface area contributed by atoms with Crippen molar-refractivity contribution in [3.63, 3.8) is 0 Å². The van der Waals surface area contributed by atoms with Gasteiger partial charge < -0.3 is 0 Å². The molecule has 0 aliphatic heterocycles. The van der Waals surface area contributed by atoms with E-state index < -0.39 is 0 Å². The van der Waals surface area contributed by atoms with Gasteiger partial charge in [0.15, 0.2) is 0 Å². The van der Waals surface area contributed by atoms with Gasteiger partial charge in [-0.05, 0) is 29.5 Å². The highest BCUT2D eigenvalue weighted by molar-refractivity contribution is 6.35. The van der Waals surface area contributed by atoms with Crippen molar-refractivity contribution in [3.8, 4) is 0 Å². The van der Waals surface area contributed by atoms with Gasteiger partial charge in [0.2, 0.25) is 0 Å². The third-order valence-electron chi connectivity index (χ3n) is 2.28. The summed E-state index contributed by atoms with van der Waals surface area (Å²) in [6.07, 6.45) is 0.760. The van der Waals surface area contributed by atoms with E-state index >= 15 is 0 Å². The van der Waals surface area contributed by atoms with Gasteiger partial charge in [-0.2, -0.15) is 0 Å². The maximum Gasteiger partial charge on any atom is 0.0453 e. The zero-order valence-electron chi connectivity index (χ0n) is 8.37. The molecule has 4 heteroatoms. The molecule has 0 aliphatic rings. The van der Waals surface area contributed by atoms with Crippen molar-refractivity contribution in [3.05, 3.63) is 33.8 Å². The Kier molecular flexibility index (Phi) is 5.05. The predicted molar refractivity (Wildman–Crippen MR) is 69.7 cm³/mol. The number of hydrogen-bond acceptors (Lipinski definition) is 0. The molecule has 1 rings (SSSR count). The van der Waals surface area contributed by atoms with E-state index in [1.54, 1.807) is 6.07 Å². The van der Waals surface area contributed by atoms with E-state index in [2.05, 4.69) is 0 Å². The van der Waals surface area contributed by atoms with Gasteiger partial charge >= 0.3 is 0 Å². The van der Waals surface area contributed by atoms with E-state index in [9.17, 15) is 0 Å². The minimum Gasteiger partial charge on any atom is -0.126 e. The molecule has 0 aromatic heterocycles. The van der Waals surface area contributed by atoms with Crippen LogP contribution in [0.2, 0.25) is 10.0 Å². The summed E-state index contributed by atoms with van der Waals surface area (Å²) in [6.45, 7) is 2.04. The van der Waals surface area contributed by atoms with E-state index in [0.717, 1.165) is 12.0 Å². The summed E-state index contributed by atoms with van der Waals surface area (Å²) in [5.41, 5.74) is 0.908. The average molecular weight is 286 g/mol. The van der Waals surface area contributed by atoms with Crippen molar-refractivity contribution in [2.45, 2.75) is 13.3 Å². The maximum atomic E-state index is 6.08. The minimum atomic E-state index is -0.124. The van der Waals surface area contributed by atoms with Crippen LogP contribution in [0.4, 0.5) is 0 Å². The van der Waals surface area contributed by atoms with Crippen LogP contribution >= 0.6 is 46.4 Å². The monoisotopic (exact) mass is 284 g/mol. The Morgan fingerprint density at radius 2 is 1.73 bits per heavy atom. The highest BCUT2D eigenvalue weighted by Gasteiger charge is 2.23. The Morgan fingerprint density at radius 1 is 1.13 bits per heavy atom. The summed E-state index contributed by atoms with van der Waals surface area (Å²) in [4.78, 5) is 0. The first kappa shape index (κ1) is 13.4. The van der Waals surface area contributed by atoms with Crippen molar-refractivity contribution in [1.29, 1.82) is 0 Å². The van der Waals surface area contributed by atoms with Crippen molar-refractivity contribution < 1.29 is 0 Å². The molecular formula is C11H12Cl4. The Morgan fingerprint density at radius 3 is 2.20 bits per heavy atom. The van der Waals surface area contributed by atoms with E-state index in [0.29, 0.717) is 21.8 Å². The summed E-state index contributed by atoms with van der Waals surface area (Å²) in [5, 5.41) is 1.31. The topological polar surface area (TPSA) is 0 Å². The van der Waals surface area contributed by atoms with E-state index in [4.69, 9.17) is 46.4 Å². The smallest absolute Gasteiger partial charge is 0.0453 e. The predicted octanol–water partition coefficient (Wildman–Crippen LogP) is 5.02. The zero-order valence-corrected chi connectivity index (χ0v) is 11.4. The van der Waals surface area contributed by atoms with Gasteiger partial charge in [0, 0.05) is 21.8 Å². The van der Waals surface area contributed by atoms with Crippen LogP contribution in [0.3, 0.4) is 0 Å². The van der Waals surface area contributed by atoms with E-state index in [1.165, 1.54) is 0 Å². The standard InChI is InChI=1S/C11H12Cl4/c1-11(6-12,7-13)5-8-2-3-9(14)4-10(8)15/h2-4H,5-7H2,1H3. The van der Waals surface area contributed by atoms with Gasteiger partial charge in [0.1, 0.15) is 0 Å².